The minimum absolute atomic E-state index is 0.765. The molecule has 0 atom stereocenters. The molecule has 18 heavy (non-hydrogen) atoms. The molecule has 0 aromatic heterocycles. The Kier molecular flexibility index (Phi) is 9.19. The Labute approximate surface area is 117 Å². The van der Waals surface area contributed by atoms with Crippen molar-refractivity contribution in [2.24, 2.45) is 0 Å². The molecule has 0 aliphatic rings. The molecule has 0 heterocycles. The van der Waals surface area contributed by atoms with Gasteiger partial charge >= 0.3 is 8.60 Å². The maximum absolute atomic E-state index is 6.01. The van der Waals surface area contributed by atoms with Crippen LogP contribution in [0, 0.1) is 0 Å². The summed E-state index contributed by atoms with van der Waals surface area (Å²) in [7, 11) is -4.32. The maximum Gasteiger partial charge on any atom is 0.311 e. The van der Waals surface area contributed by atoms with Crippen molar-refractivity contribution >= 4 is 25.2 Å². The van der Waals surface area contributed by atoms with E-state index in [0.717, 1.165) is 13.0 Å². The van der Waals surface area contributed by atoms with Gasteiger partial charge in [0, 0.05) is 0 Å². The summed E-state index contributed by atoms with van der Waals surface area (Å²) in [5.41, 5.74) is 0. The molecule has 0 N–H and O–H groups in total. The fraction of sp³-hybridized carbons (Fsp3) is 1.00. The molecule has 0 aromatic rings. The van der Waals surface area contributed by atoms with Crippen LogP contribution in [0.4, 0.5) is 0 Å². The van der Waals surface area contributed by atoms with Crippen molar-refractivity contribution in [1.82, 2.24) is 0 Å². The van der Waals surface area contributed by atoms with Crippen LogP contribution >= 0.6 is 8.60 Å². The van der Waals surface area contributed by atoms with Crippen molar-refractivity contribution in [3.8, 4) is 0 Å². The van der Waals surface area contributed by atoms with Gasteiger partial charge in [-0.3, -0.25) is 0 Å². The molecule has 3 nitrogen and oxygen atoms in total. The summed E-state index contributed by atoms with van der Waals surface area (Å²) >= 11 is 0. The molecule has 0 rings (SSSR count). The van der Waals surface area contributed by atoms with E-state index in [2.05, 4.69) is 46.2 Å². The highest BCUT2D eigenvalue weighted by atomic mass is 31.2. The van der Waals surface area contributed by atoms with Crippen LogP contribution in [0.5, 0.6) is 0 Å². The van der Waals surface area contributed by atoms with E-state index in [0.29, 0.717) is 0 Å². The van der Waals surface area contributed by atoms with Gasteiger partial charge in [-0.2, -0.15) is 0 Å². The monoisotopic (exact) mass is 310 g/mol. The number of unbranched alkanes of at least 4 members (excludes halogenated alkanes) is 3. The van der Waals surface area contributed by atoms with Crippen LogP contribution in [0.2, 0.25) is 39.3 Å². The van der Waals surface area contributed by atoms with Crippen molar-refractivity contribution in [2.75, 3.05) is 6.61 Å². The highest BCUT2D eigenvalue weighted by Crippen LogP contribution is 2.45. The highest BCUT2D eigenvalue weighted by Gasteiger charge is 2.29. The normalized spacial score (nSPS) is 13.3. The van der Waals surface area contributed by atoms with Crippen LogP contribution in [-0.2, 0) is 12.9 Å². The van der Waals surface area contributed by atoms with Crippen LogP contribution < -0.4 is 0 Å². The third-order valence-electron chi connectivity index (χ3n) is 1.89. The van der Waals surface area contributed by atoms with Crippen molar-refractivity contribution in [2.45, 2.75) is 71.9 Å². The zero-order chi connectivity index (χ0) is 14.2. The summed E-state index contributed by atoms with van der Waals surface area (Å²) in [6, 6.07) is 0. The van der Waals surface area contributed by atoms with Gasteiger partial charge in [-0.15, -0.1) is 0 Å². The fourth-order valence-electron chi connectivity index (χ4n) is 1.19. The number of rotatable bonds is 10. The van der Waals surface area contributed by atoms with Crippen molar-refractivity contribution in [3.63, 3.8) is 0 Å². The number of hydrogen-bond donors (Lipinski definition) is 0. The van der Waals surface area contributed by atoms with E-state index in [1.807, 2.05) is 0 Å². The predicted molar refractivity (Wildman–Crippen MR) is 85.9 cm³/mol. The average Bonchev–Trinajstić information content (AvgIpc) is 2.12. The van der Waals surface area contributed by atoms with Crippen molar-refractivity contribution in [1.29, 1.82) is 0 Å². The molecule has 0 aromatic carbocycles. The Morgan fingerprint density at radius 2 is 1.28 bits per heavy atom. The second kappa shape index (κ2) is 8.82. The molecule has 0 spiro atoms. The zero-order valence-electron chi connectivity index (χ0n) is 13.2. The first-order valence-corrected chi connectivity index (χ1v) is 14.9. The Bertz CT molecular complexity index is 198. The maximum atomic E-state index is 6.01. The van der Waals surface area contributed by atoms with E-state index in [9.17, 15) is 0 Å². The van der Waals surface area contributed by atoms with Gasteiger partial charge in [-0.1, -0.05) is 26.2 Å². The van der Waals surface area contributed by atoms with Crippen LogP contribution in [0.15, 0.2) is 0 Å². The lowest BCUT2D eigenvalue weighted by atomic mass is 10.2. The molecule has 0 unspecified atom stereocenters. The molecule has 6 heteroatoms. The van der Waals surface area contributed by atoms with Gasteiger partial charge in [0.05, 0.1) is 6.61 Å². The van der Waals surface area contributed by atoms with Crippen LogP contribution in [-0.4, -0.2) is 23.2 Å². The van der Waals surface area contributed by atoms with Crippen molar-refractivity contribution in [3.05, 3.63) is 0 Å². The predicted octanol–water partition coefficient (Wildman–Crippen LogP) is 5.51. The van der Waals surface area contributed by atoms with Crippen LogP contribution in [0.25, 0.3) is 0 Å². The topological polar surface area (TPSA) is 27.7 Å². The SMILES string of the molecule is CCCCCCOP(O[Si](C)(C)C)O[Si](C)(C)C. The van der Waals surface area contributed by atoms with E-state index < -0.39 is 25.2 Å². The van der Waals surface area contributed by atoms with E-state index in [4.69, 9.17) is 12.9 Å². The van der Waals surface area contributed by atoms with Gasteiger partial charge < -0.3 is 12.9 Å². The lowest BCUT2D eigenvalue weighted by Gasteiger charge is -2.29. The highest BCUT2D eigenvalue weighted by molar-refractivity contribution is 7.45. The second-order valence-corrected chi connectivity index (χ2v) is 17.1. The fourth-order valence-corrected chi connectivity index (χ4v) is 5.95. The Morgan fingerprint density at radius 3 is 1.67 bits per heavy atom. The minimum atomic E-state index is -1.59. The van der Waals surface area contributed by atoms with Gasteiger partial charge in [-0.25, -0.2) is 0 Å². The smallest absolute Gasteiger partial charge is 0.311 e. The third kappa shape index (κ3) is 13.2. The summed E-state index contributed by atoms with van der Waals surface area (Å²) in [6.07, 6.45) is 4.88. The average molecular weight is 311 g/mol. The first-order chi connectivity index (χ1) is 8.14. The molecular weight excluding hydrogens is 279 g/mol. The summed E-state index contributed by atoms with van der Waals surface area (Å²) in [6.45, 7) is 16.0. The number of hydrogen-bond acceptors (Lipinski definition) is 3. The Hall–Kier alpha value is 0.744. The Morgan fingerprint density at radius 1 is 0.778 bits per heavy atom. The largest absolute Gasteiger partial charge is 0.355 e. The summed E-state index contributed by atoms with van der Waals surface area (Å²) < 4.78 is 17.9. The quantitative estimate of drug-likeness (QED) is 0.302. The van der Waals surface area contributed by atoms with Gasteiger partial charge in [-0.05, 0) is 45.7 Å². The molecule has 0 radical (unpaired) electrons. The van der Waals surface area contributed by atoms with Gasteiger partial charge in [0.15, 0.2) is 16.6 Å². The Balaban J connectivity index is 4.06. The van der Waals surface area contributed by atoms with E-state index in [1.165, 1.54) is 19.3 Å². The van der Waals surface area contributed by atoms with Gasteiger partial charge in [0.2, 0.25) is 0 Å². The van der Waals surface area contributed by atoms with Crippen LogP contribution in [0.1, 0.15) is 32.6 Å². The third-order valence-corrected chi connectivity index (χ3v) is 7.86. The molecule has 0 aliphatic carbocycles. The molecule has 0 saturated heterocycles. The summed E-state index contributed by atoms with van der Waals surface area (Å²) in [5.74, 6) is 0. The molecular formula is C12H31O3PSi2. The standard InChI is InChI=1S/C12H31O3PSi2/c1-8-9-10-11-12-13-16(14-17(2,3)4)15-18(5,6)7/h8-12H2,1-7H3. The molecule has 0 saturated carbocycles. The second-order valence-electron chi connectivity index (χ2n) is 6.52. The lowest BCUT2D eigenvalue weighted by Crippen LogP contribution is -2.28. The zero-order valence-corrected chi connectivity index (χ0v) is 16.1. The first kappa shape index (κ1) is 18.7. The van der Waals surface area contributed by atoms with Gasteiger partial charge in [0.25, 0.3) is 0 Å². The summed E-state index contributed by atoms with van der Waals surface area (Å²) in [5, 5.41) is 0. The van der Waals surface area contributed by atoms with E-state index >= 15 is 0 Å². The minimum Gasteiger partial charge on any atom is -0.355 e. The van der Waals surface area contributed by atoms with Crippen LogP contribution in [0.3, 0.4) is 0 Å². The molecule has 110 valence electrons. The van der Waals surface area contributed by atoms with Gasteiger partial charge in [0.1, 0.15) is 0 Å². The van der Waals surface area contributed by atoms with E-state index in [-0.39, 0.29) is 0 Å². The first-order valence-electron chi connectivity index (χ1n) is 6.95. The molecule has 0 bridgehead atoms. The van der Waals surface area contributed by atoms with E-state index in [1.54, 1.807) is 0 Å². The molecule has 0 fully saturated rings. The molecule has 0 amide bonds. The lowest BCUT2D eigenvalue weighted by molar-refractivity contribution is 0.256. The van der Waals surface area contributed by atoms with Crippen molar-refractivity contribution < 1.29 is 12.9 Å². The summed E-state index contributed by atoms with van der Waals surface area (Å²) in [4.78, 5) is 0. The molecule has 0 aliphatic heterocycles.